The van der Waals surface area contributed by atoms with Gasteiger partial charge in [-0.05, 0) is 55.7 Å². The van der Waals surface area contributed by atoms with Crippen LogP contribution >= 0.6 is 0 Å². The molecule has 0 bridgehead atoms. The summed E-state index contributed by atoms with van der Waals surface area (Å²) in [5, 5.41) is 8.99. The van der Waals surface area contributed by atoms with Gasteiger partial charge < -0.3 is 15.5 Å². The molecule has 0 spiro atoms. The van der Waals surface area contributed by atoms with Crippen molar-refractivity contribution in [3.63, 3.8) is 0 Å². The molecule has 3 aliphatic rings. The summed E-state index contributed by atoms with van der Waals surface area (Å²) in [4.78, 5) is 28.6. The normalized spacial score (nSPS) is 25.5. The first-order valence-electron chi connectivity index (χ1n) is 11.0. The number of alkyl halides is 3. The number of amides is 2. The van der Waals surface area contributed by atoms with Gasteiger partial charge in [0.1, 0.15) is 0 Å². The number of nitriles is 1. The molecule has 2 saturated heterocycles. The molecule has 2 heterocycles. The number of rotatable bonds is 4. The smallest absolute Gasteiger partial charge is 0.372 e. The predicted octanol–water partition coefficient (Wildman–Crippen LogP) is 3.15. The van der Waals surface area contributed by atoms with Crippen LogP contribution in [0.2, 0.25) is 0 Å². The summed E-state index contributed by atoms with van der Waals surface area (Å²) in [6.07, 6.45) is -1.44. The van der Waals surface area contributed by atoms with E-state index in [2.05, 4.69) is 0 Å². The zero-order chi connectivity index (χ0) is 23.3. The lowest BCUT2D eigenvalue weighted by molar-refractivity contribution is -0.138. The summed E-state index contributed by atoms with van der Waals surface area (Å²) < 4.78 is 39.9. The molecule has 9 heteroatoms. The van der Waals surface area contributed by atoms with E-state index >= 15 is 0 Å². The third-order valence-corrected chi connectivity index (χ3v) is 7.47. The fraction of sp³-hybridized carbons (Fsp3) is 0.609. The second kappa shape index (κ2) is 7.98. The molecule has 1 aliphatic carbocycles. The molecular formula is C23H27F3N4O2. The van der Waals surface area contributed by atoms with Crippen molar-refractivity contribution in [1.29, 1.82) is 5.26 Å². The number of hydrogen-bond donors (Lipinski definition) is 1. The average molecular weight is 448 g/mol. The number of primary amides is 1. The summed E-state index contributed by atoms with van der Waals surface area (Å²) >= 11 is 0. The molecule has 6 nitrogen and oxygen atoms in total. The Morgan fingerprint density at radius 1 is 1.19 bits per heavy atom. The summed E-state index contributed by atoms with van der Waals surface area (Å²) in [7, 11) is 0. The Hall–Kier alpha value is -2.76. The fourth-order valence-corrected chi connectivity index (χ4v) is 5.20. The molecule has 3 fully saturated rings. The summed E-state index contributed by atoms with van der Waals surface area (Å²) in [6.45, 7) is 3.91. The number of hydrogen-bond acceptors (Lipinski definition) is 4. The Labute approximate surface area is 185 Å². The van der Waals surface area contributed by atoms with Crippen molar-refractivity contribution >= 4 is 17.5 Å². The molecule has 32 heavy (non-hydrogen) atoms. The monoisotopic (exact) mass is 448 g/mol. The number of piperidine rings is 1. The van der Waals surface area contributed by atoms with Crippen LogP contribution in [0.15, 0.2) is 18.2 Å². The molecule has 1 aromatic carbocycles. The van der Waals surface area contributed by atoms with Gasteiger partial charge in [-0.3, -0.25) is 9.59 Å². The third kappa shape index (κ3) is 4.15. The van der Waals surface area contributed by atoms with Crippen LogP contribution in [0.1, 0.15) is 43.7 Å². The van der Waals surface area contributed by atoms with Crippen LogP contribution in [0.4, 0.5) is 18.9 Å². The van der Waals surface area contributed by atoms with Gasteiger partial charge in [-0.1, -0.05) is 6.92 Å². The van der Waals surface area contributed by atoms with Crippen LogP contribution < -0.4 is 10.6 Å². The third-order valence-electron chi connectivity index (χ3n) is 7.47. The minimum Gasteiger partial charge on any atom is -0.372 e. The van der Waals surface area contributed by atoms with Crippen LogP contribution in [0.3, 0.4) is 0 Å². The summed E-state index contributed by atoms with van der Waals surface area (Å²) in [6, 6.07) is 5.41. The largest absolute Gasteiger partial charge is 0.417 e. The maximum atomic E-state index is 13.3. The lowest BCUT2D eigenvalue weighted by Crippen LogP contribution is -2.40. The number of carbonyl (C=O) groups is 2. The molecule has 1 aromatic rings. The zero-order valence-electron chi connectivity index (χ0n) is 18.0. The minimum atomic E-state index is -4.59. The fourth-order valence-electron chi connectivity index (χ4n) is 5.20. The Balaban J connectivity index is 1.44. The van der Waals surface area contributed by atoms with Gasteiger partial charge in [-0.15, -0.1) is 0 Å². The van der Waals surface area contributed by atoms with Gasteiger partial charge in [0, 0.05) is 37.3 Å². The van der Waals surface area contributed by atoms with Gasteiger partial charge in [-0.25, -0.2) is 0 Å². The van der Waals surface area contributed by atoms with Crippen molar-refractivity contribution in [1.82, 2.24) is 4.90 Å². The van der Waals surface area contributed by atoms with Gasteiger partial charge in [0.05, 0.1) is 23.1 Å². The van der Waals surface area contributed by atoms with Crippen LogP contribution in [0, 0.1) is 34.5 Å². The van der Waals surface area contributed by atoms with E-state index in [0.717, 1.165) is 18.9 Å². The van der Waals surface area contributed by atoms with Crippen molar-refractivity contribution in [2.45, 2.75) is 38.8 Å². The first-order chi connectivity index (χ1) is 15.0. The molecule has 172 valence electrons. The van der Waals surface area contributed by atoms with E-state index in [-0.39, 0.29) is 34.6 Å². The lowest BCUT2D eigenvalue weighted by Gasteiger charge is -2.37. The van der Waals surface area contributed by atoms with Crippen LogP contribution in [-0.4, -0.2) is 42.9 Å². The highest BCUT2D eigenvalue weighted by molar-refractivity contribution is 5.86. The highest BCUT2D eigenvalue weighted by Gasteiger charge is 2.51. The highest BCUT2D eigenvalue weighted by Crippen LogP contribution is 2.48. The van der Waals surface area contributed by atoms with Crippen LogP contribution in [-0.2, 0) is 15.8 Å². The number of likely N-dealkylation sites (tertiary alicyclic amines) is 1. The average Bonchev–Trinajstić information content (AvgIpc) is 3.35. The summed E-state index contributed by atoms with van der Waals surface area (Å²) in [5.41, 5.74) is 4.49. The van der Waals surface area contributed by atoms with E-state index in [0.29, 0.717) is 44.7 Å². The Kier molecular flexibility index (Phi) is 5.60. The van der Waals surface area contributed by atoms with Gasteiger partial charge in [-0.2, -0.15) is 18.4 Å². The van der Waals surface area contributed by atoms with E-state index in [1.807, 2.05) is 11.8 Å². The molecule has 0 radical (unpaired) electrons. The van der Waals surface area contributed by atoms with E-state index in [1.165, 1.54) is 6.07 Å². The van der Waals surface area contributed by atoms with E-state index < -0.39 is 17.6 Å². The first-order valence-corrected chi connectivity index (χ1v) is 11.0. The molecule has 2 aliphatic heterocycles. The maximum absolute atomic E-state index is 13.3. The maximum Gasteiger partial charge on any atom is 0.417 e. The van der Waals surface area contributed by atoms with Crippen molar-refractivity contribution in [2.24, 2.45) is 28.9 Å². The van der Waals surface area contributed by atoms with E-state index in [4.69, 9.17) is 11.0 Å². The number of benzene rings is 1. The van der Waals surface area contributed by atoms with E-state index in [1.54, 1.807) is 17.0 Å². The Morgan fingerprint density at radius 2 is 1.84 bits per heavy atom. The molecular weight excluding hydrogens is 421 g/mol. The SMILES string of the molecule is CC1(C(=O)N2C[C@@H](C(N)=O)[C@H](C3CCN(c4ccc(C#N)c(C(F)(F)F)c4)CC3)C2)CC1. The number of carbonyl (C=O) groups excluding carboxylic acids is 2. The standard InChI is InChI=1S/C23H27F3N4O2/c1-22(6-7-22)21(32)30-12-17(18(13-30)20(28)31)14-4-8-29(9-5-14)16-3-2-15(11-27)19(10-16)23(24,25)26/h2-3,10,14,17-18H,4-9,12-13H2,1H3,(H2,28,31)/t17-,18+/m0/s1. The van der Waals surface area contributed by atoms with Crippen LogP contribution in [0.5, 0.6) is 0 Å². The Morgan fingerprint density at radius 3 is 2.38 bits per heavy atom. The minimum absolute atomic E-state index is 0.0207. The second-order valence-electron chi connectivity index (χ2n) is 9.61. The zero-order valence-corrected chi connectivity index (χ0v) is 18.0. The quantitative estimate of drug-likeness (QED) is 0.766. The van der Waals surface area contributed by atoms with Gasteiger partial charge >= 0.3 is 6.18 Å². The van der Waals surface area contributed by atoms with Crippen molar-refractivity contribution in [2.75, 3.05) is 31.1 Å². The number of halogens is 3. The molecule has 2 amide bonds. The second-order valence-corrected chi connectivity index (χ2v) is 9.61. The molecule has 1 saturated carbocycles. The molecule has 2 atom stereocenters. The van der Waals surface area contributed by atoms with Crippen molar-refractivity contribution in [3.8, 4) is 6.07 Å². The topological polar surface area (TPSA) is 90.4 Å². The summed E-state index contributed by atoms with van der Waals surface area (Å²) in [5.74, 6) is -0.525. The molecule has 4 rings (SSSR count). The first kappa shape index (κ1) is 22.4. The Bertz CT molecular complexity index is 959. The van der Waals surface area contributed by atoms with Gasteiger partial charge in [0.15, 0.2) is 0 Å². The lowest BCUT2D eigenvalue weighted by atomic mass is 9.78. The molecule has 0 unspecified atom stereocenters. The highest BCUT2D eigenvalue weighted by atomic mass is 19.4. The van der Waals surface area contributed by atoms with Gasteiger partial charge in [0.25, 0.3) is 0 Å². The van der Waals surface area contributed by atoms with Crippen molar-refractivity contribution < 1.29 is 22.8 Å². The predicted molar refractivity (Wildman–Crippen MR) is 111 cm³/mol. The van der Waals surface area contributed by atoms with E-state index in [9.17, 15) is 22.8 Å². The van der Waals surface area contributed by atoms with Crippen LogP contribution in [0.25, 0.3) is 0 Å². The number of nitrogens with two attached hydrogens (primary N) is 1. The number of anilines is 1. The van der Waals surface area contributed by atoms with Gasteiger partial charge in [0.2, 0.25) is 11.8 Å². The van der Waals surface area contributed by atoms with Crippen molar-refractivity contribution in [3.05, 3.63) is 29.3 Å². The number of nitrogens with zero attached hydrogens (tertiary/aromatic N) is 3. The molecule has 0 aromatic heterocycles. The molecule has 2 N–H and O–H groups in total.